The average Bonchev–Trinajstić information content (AvgIpc) is 2.79. The monoisotopic (exact) mass is 237 g/mol. The maximum Gasteiger partial charge on any atom is 0.255 e. The molecule has 4 nitrogen and oxygen atoms in total. The molecule has 0 spiro atoms. The highest BCUT2D eigenvalue weighted by Crippen LogP contribution is 2.29. The molecule has 1 aromatic heterocycles. The van der Waals surface area contributed by atoms with Gasteiger partial charge in [0, 0.05) is 24.8 Å². The molecule has 2 aliphatic rings. The number of H-pyrrole nitrogens is 1. The van der Waals surface area contributed by atoms with Crippen LogP contribution in [0.5, 0.6) is 0 Å². The molecule has 3 rings (SSSR count). The minimum Gasteiger partial charge on any atom is -0.310 e. The second kappa shape index (κ2) is 4.22. The molecule has 0 bridgehead atoms. The van der Waals surface area contributed by atoms with Crippen molar-refractivity contribution in [3.63, 3.8) is 0 Å². The zero-order valence-electron chi connectivity index (χ0n) is 9.08. The summed E-state index contributed by atoms with van der Waals surface area (Å²) in [5.74, 6) is 3.68. The van der Waals surface area contributed by atoms with Crippen molar-refractivity contribution in [1.82, 2.24) is 15.3 Å². The molecule has 1 fully saturated rings. The molecule has 0 aliphatic carbocycles. The number of hydrogen-bond donors (Lipinski definition) is 2. The van der Waals surface area contributed by atoms with Gasteiger partial charge in [0.15, 0.2) is 0 Å². The van der Waals surface area contributed by atoms with Crippen LogP contribution in [0.4, 0.5) is 0 Å². The Morgan fingerprint density at radius 2 is 2.31 bits per heavy atom. The molecule has 1 unspecified atom stereocenters. The van der Waals surface area contributed by atoms with E-state index in [2.05, 4.69) is 15.3 Å². The Bertz CT molecular complexity index is 451. The first-order valence-corrected chi connectivity index (χ1v) is 6.90. The maximum atomic E-state index is 11.8. The number of fused-ring (bicyclic) bond motifs is 1. The standard InChI is InChI=1S/C11H15N3OS/c15-11-8-4-12-5-9(8)13-10(14-11)7-2-1-3-16-6-7/h7,12H,1-6H2,(H,13,14,15). The first-order chi connectivity index (χ1) is 7.84. The number of nitrogens with zero attached hydrogens (tertiary/aromatic N) is 1. The van der Waals surface area contributed by atoms with Crippen molar-refractivity contribution >= 4 is 11.8 Å². The quantitative estimate of drug-likeness (QED) is 0.764. The van der Waals surface area contributed by atoms with Crippen LogP contribution in [0.3, 0.4) is 0 Å². The molecule has 0 saturated carbocycles. The van der Waals surface area contributed by atoms with Crippen molar-refractivity contribution in [2.75, 3.05) is 11.5 Å². The molecule has 16 heavy (non-hydrogen) atoms. The van der Waals surface area contributed by atoms with E-state index in [0.29, 0.717) is 12.5 Å². The van der Waals surface area contributed by atoms with Crippen LogP contribution in [-0.2, 0) is 13.1 Å². The molecule has 5 heteroatoms. The van der Waals surface area contributed by atoms with E-state index in [0.717, 1.165) is 35.8 Å². The van der Waals surface area contributed by atoms with Crippen molar-refractivity contribution in [3.05, 3.63) is 27.4 Å². The molecule has 1 saturated heterocycles. The molecular weight excluding hydrogens is 222 g/mol. The Morgan fingerprint density at radius 1 is 1.38 bits per heavy atom. The van der Waals surface area contributed by atoms with E-state index >= 15 is 0 Å². The van der Waals surface area contributed by atoms with Gasteiger partial charge in [0.25, 0.3) is 5.56 Å². The number of hydrogen-bond acceptors (Lipinski definition) is 4. The van der Waals surface area contributed by atoms with E-state index in [1.54, 1.807) is 0 Å². The summed E-state index contributed by atoms with van der Waals surface area (Å²) >= 11 is 1.96. The van der Waals surface area contributed by atoms with E-state index in [9.17, 15) is 4.79 Å². The van der Waals surface area contributed by atoms with Crippen LogP contribution in [-0.4, -0.2) is 21.5 Å². The van der Waals surface area contributed by atoms with E-state index < -0.39 is 0 Å². The SMILES string of the molecule is O=c1[nH]c(C2CCCSC2)nc2c1CNC2. The van der Waals surface area contributed by atoms with Crippen molar-refractivity contribution < 1.29 is 0 Å². The third-order valence-electron chi connectivity index (χ3n) is 3.26. The Hall–Kier alpha value is -0.810. The summed E-state index contributed by atoms with van der Waals surface area (Å²) < 4.78 is 0. The third kappa shape index (κ3) is 1.78. The fourth-order valence-corrected chi connectivity index (χ4v) is 3.49. The smallest absolute Gasteiger partial charge is 0.255 e. The second-order valence-electron chi connectivity index (χ2n) is 4.39. The molecule has 86 valence electrons. The lowest BCUT2D eigenvalue weighted by atomic mass is 10.0. The van der Waals surface area contributed by atoms with Crippen molar-refractivity contribution in [2.24, 2.45) is 0 Å². The highest BCUT2D eigenvalue weighted by molar-refractivity contribution is 7.99. The fourth-order valence-electron chi connectivity index (χ4n) is 2.35. The number of aromatic amines is 1. The highest BCUT2D eigenvalue weighted by atomic mass is 32.2. The Balaban J connectivity index is 1.96. The van der Waals surface area contributed by atoms with Gasteiger partial charge >= 0.3 is 0 Å². The van der Waals surface area contributed by atoms with Gasteiger partial charge in [-0.25, -0.2) is 4.98 Å². The number of nitrogens with one attached hydrogen (secondary N) is 2. The molecule has 1 aromatic rings. The lowest BCUT2D eigenvalue weighted by Gasteiger charge is -2.20. The van der Waals surface area contributed by atoms with E-state index in [-0.39, 0.29) is 5.56 Å². The van der Waals surface area contributed by atoms with Crippen LogP contribution >= 0.6 is 11.8 Å². The van der Waals surface area contributed by atoms with E-state index in [4.69, 9.17) is 0 Å². The van der Waals surface area contributed by atoms with Gasteiger partial charge in [-0.2, -0.15) is 11.8 Å². The molecule has 0 radical (unpaired) electrons. The highest BCUT2D eigenvalue weighted by Gasteiger charge is 2.22. The van der Waals surface area contributed by atoms with Crippen LogP contribution in [0.2, 0.25) is 0 Å². The number of rotatable bonds is 1. The molecule has 2 N–H and O–H groups in total. The molecule has 0 amide bonds. The summed E-state index contributed by atoms with van der Waals surface area (Å²) in [4.78, 5) is 19.4. The number of thioether (sulfide) groups is 1. The third-order valence-corrected chi connectivity index (χ3v) is 4.48. The van der Waals surface area contributed by atoms with Gasteiger partial charge in [-0.1, -0.05) is 0 Å². The maximum absolute atomic E-state index is 11.8. The first-order valence-electron chi connectivity index (χ1n) is 5.75. The minimum absolute atomic E-state index is 0.0561. The summed E-state index contributed by atoms with van der Waals surface area (Å²) in [6.45, 7) is 1.41. The van der Waals surface area contributed by atoms with Crippen LogP contribution in [0.1, 0.15) is 35.8 Å². The summed E-state index contributed by atoms with van der Waals surface area (Å²) in [5, 5.41) is 3.17. The van der Waals surface area contributed by atoms with Gasteiger partial charge in [0.1, 0.15) is 5.82 Å². The summed E-state index contributed by atoms with van der Waals surface area (Å²) in [7, 11) is 0. The van der Waals surface area contributed by atoms with Crippen molar-refractivity contribution in [1.29, 1.82) is 0 Å². The van der Waals surface area contributed by atoms with Crippen molar-refractivity contribution in [3.8, 4) is 0 Å². The molecular formula is C11H15N3OS. The van der Waals surface area contributed by atoms with Crippen molar-refractivity contribution in [2.45, 2.75) is 31.8 Å². The normalized spacial score (nSPS) is 24.4. The summed E-state index contributed by atoms with van der Waals surface area (Å²) in [6, 6.07) is 0. The van der Waals surface area contributed by atoms with Gasteiger partial charge in [-0.05, 0) is 18.6 Å². The predicted molar refractivity (Wildman–Crippen MR) is 64.7 cm³/mol. The second-order valence-corrected chi connectivity index (χ2v) is 5.54. The minimum atomic E-state index is 0.0561. The molecule has 0 aromatic carbocycles. The van der Waals surface area contributed by atoms with Crippen LogP contribution < -0.4 is 10.9 Å². The van der Waals surface area contributed by atoms with Crippen LogP contribution in [0.15, 0.2) is 4.79 Å². The number of aromatic nitrogens is 2. The Kier molecular flexibility index (Phi) is 2.73. The van der Waals surface area contributed by atoms with Gasteiger partial charge in [-0.15, -0.1) is 0 Å². The van der Waals surface area contributed by atoms with Gasteiger partial charge in [-0.3, -0.25) is 4.79 Å². The Morgan fingerprint density at radius 3 is 3.12 bits per heavy atom. The lowest BCUT2D eigenvalue weighted by Crippen LogP contribution is -2.21. The van der Waals surface area contributed by atoms with Gasteiger partial charge < -0.3 is 10.3 Å². The summed E-state index contributed by atoms with van der Waals surface area (Å²) in [6.07, 6.45) is 2.39. The Labute approximate surface area is 98.2 Å². The van der Waals surface area contributed by atoms with Crippen LogP contribution in [0, 0.1) is 0 Å². The topological polar surface area (TPSA) is 57.8 Å². The predicted octanol–water partition coefficient (Wildman–Crippen LogP) is 0.984. The summed E-state index contributed by atoms with van der Waals surface area (Å²) in [5.41, 5.74) is 1.84. The van der Waals surface area contributed by atoms with Gasteiger partial charge in [0.2, 0.25) is 0 Å². The van der Waals surface area contributed by atoms with E-state index in [1.165, 1.54) is 12.2 Å². The molecule has 1 atom stereocenters. The fraction of sp³-hybridized carbons (Fsp3) is 0.636. The van der Waals surface area contributed by atoms with Crippen LogP contribution in [0.25, 0.3) is 0 Å². The first kappa shape index (κ1) is 10.4. The zero-order valence-corrected chi connectivity index (χ0v) is 9.90. The zero-order chi connectivity index (χ0) is 11.0. The molecule has 3 heterocycles. The van der Waals surface area contributed by atoms with E-state index in [1.807, 2.05) is 11.8 Å². The molecule has 2 aliphatic heterocycles. The van der Waals surface area contributed by atoms with Gasteiger partial charge in [0.05, 0.1) is 11.3 Å². The largest absolute Gasteiger partial charge is 0.310 e. The lowest BCUT2D eigenvalue weighted by molar-refractivity contribution is 0.616. The average molecular weight is 237 g/mol.